The predicted molar refractivity (Wildman–Crippen MR) is 98.2 cm³/mol. The summed E-state index contributed by atoms with van der Waals surface area (Å²) < 4.78 is 0. The predicted octanol–water partition coefficient (Wildman–Crippen LogP) is 4.13. The van der Waals surface area contributed by atoms with Crippen LogP contribution in [0.4, 0.5) is 5.69 Å². The summed E-state index contributed by atoms with van der Waals surface area (Å²) in [5, 5.41) is 20.5. The molecule has 2 aliphatic rings. The highest BCUT2D eigenvalue weighted by atomic mass is 32.2. The van der Waals surface area contributed by atoms with Crippen molar-refractivity contribution >= 4 is 17.4 Å². The number of hydrogen-bond donors (Lipinski definition) is 1. The maximum Gasteiger partial charge on any atom is 0.123 e. The quantitative estimate of drug-likeness (QED) is 0.843. The monoisotopic (exact) mass is 342 g/mol. The van der Waals surface area contributed by atoms with Crippen LogP contribution in [0.2, 0.25) is 0 Å². The molecule has 2 aromatic carbocycles. The van der Waals surface area contributed by atoms with Crippen molar-refractivity contribution in [2.24, 2.45) is 5.73 Å². The molecule has 1 atom stereocenters. The molecule has 0 aromatic heterocycles. The van der Waals surface area contributed by atoms with Crippen LogP contribution >= 0.6 is 11.8 Å². The minimum atomic E-state index is -0.427. The van der Waals surface area contributed by atoms with Crippen molar-refractivity contribution in [3.8, 4) is 12.1 Å². The highest BCUT2D eigenvalue weighted by molar-refractivity contribution is 8.03. The molecule has 0 aliphatic carbocycles. The van der Waals surface area contributed by atoms with E-state index in [0.29, 0.717) is 17.0 Å². The lowest BCUT2D eigenvalue weighted by Crippen LogP contribution is -2.32. The first-order chi connectivity index (χ1) is 12.2. The third-order valence-electron chi connectivity index (χ3n) is 4.49. The Morgan fingerprint density at radius 1 is 1.00 bits per heavy atom. The molecule has 0 bridgehead atoms. The van der Waals surface area contributed by atoms with E-state index in [1.807, 2.05) is 60.4 Å². The van der Waals surface area contributed by atoms with Crippen LogP contribution in [0.1, 0.15) is 17.0 Å². The molecular weight excluding hydrogens is 328 g/mol. The van der Waals surface area contributed by atoms with E-state index in [1.54, 1.807) is 0 Å². The molecule has 2 aliphatic heterocycles. The summed E-state index contributed by atoms with van der Waals surface area (Å²) in [6, 6.07) is 20.3. The molecule has 0 unspecified atom stereocenters. The lowest BCUT2D eigenvalue weighted by atomic mass is 9.83. The van der Waals surface area contributed by atoms with Crippen LogP contribution in [-0.4, -0.2) is 0 Å². The zero-order valence-corrected chi connectivity index (χ0v) is 14.3. The molecule has 0 saturated carbocycles. The van der Waals surface area contributed by atoms with Gasteiger partial charge in [-0.2, -0.15) is 10.5 Å². The van der Waals surface area contributed by atoms with Crippen molar-refractivity contribution < 1.29 is 0 Å². The van der Waals surface area contributed by atoms with Gasteiger partial charge in [-0.15, -0.1) is 0 Å². The minimum Gasteiger partial charge on any atom is -0.384 e. The Hall–Kier alpha value is -3.15. The first-order valence-corrected chi connectivity index (χ1v) is 8.65. The molecule has 2 aromatic rings. The summed E-state index contributed by atoms with van der Waals surface area (Å²) in [4.78, 5) is 2.87. The zero-order valence-electron chi connectivity index (χ0n) is 13.5. The Kier molecular flexibility index (Phi) is 3.53. The summed E-state index contributed by atoms with van der Waals surface area (Å²) in [6.45, 7) is 2.01. The third-order valence-corrected chi connectivity index (χ3v) is 5.65. The Balaban J connectivity index is 1.96. The number of nitrogens with two attached hydrogens (primary N) is 1. The van der Waals surface area contributed by atoms with Crippen LogP contribution in [0.15, 0.2) is 75.4 Å². The number of benzene rings is 2. The van der Waals surface area contributed by atoms with Crippen LogP contribution in [-0.2, 0) is 0 Å². The number of para-hydroxylation sites is 1. The second-order valence-electron chi connectivity index (χ2n) is 5.99. The standard InChI is InChI=1S/C20H14N4S/c1-12-6-8-13(9-7-12)18-14(10-21)19(23)24-16-4-2-3-5-17(16)25-20(24)15(18)11-22/h2-9,18H,23H2,1H3/t18-/m1/s1. The summed E-state index contributed by atoms with van der Waals surface area (Å²) in [5.74, 6) is -0.0248. The van der Waals surface area contributed by atoms with Crippen LogP contribution in [0, 0.1) is 29.6 Å². The van der Waals surface area contributed by atoms with Gasteiger partial charge in [-0.05, 0) is 24.6 Å². The molecular formula is C20H14N4S. The fourth-order valence-electron chi connectivity index (χ4n) is 3.26. The van der Waals surface area contributed by atoms with E-state index in [0.717, 1.165) is 26.7 Å². The van der Waals surface area contributed by atoms with E-state index < -0.39 is 5.92 Å². The number of nitriles is 2. The van der Waals surface area contributed by atoms with E-state index in [2.05, 4.69) is 12.1 Å². The summed E-state index contributed by atoms with van der Waals surface area (Å²) in [7, 11) is 0. The number of fused-ring (bicyclic) bond motifs is 3. The van der Waals surface area contributed by atoms with Gasteiger partial charge in [0.1, 0.15) is 10.9 Å². The third kappa shape index (κ3) is 2.21. The number of nitrogens with zero attached hydrogens (tertiary/aromatic N) is 3. The Bertz CT molecular complexity index is 1020. The smallest absolute Gasteiger partial charge is 0.123 e. The van der Waals surface area contributed by atoms with Crippen LogP contribution in [0.3, 0.4) is 0 Å². The molecule has 25 heavy (non-hydrogen) atoms. The van der Waals surface area contributed by atoms with Gasteiger partial charge in [0.05, 0.1) is 34.9 Å². The maximum absolute atomic E-state index is 9.88. The lowest BCUT2D eigenvalue weighted by Gasteiger charge is -2.31. The molecule has 0 saturated heterocycles. The van der Waals surface area contributed by atoms with Gasteiger partial charge in [-0.1, -0.05) is 53.7 Å². The zero-order chi connectivity index (χ0) is 17.6. The van der Waals surface area contributed by atoms with Crippen molar-refractivity contribution in [2.45, 2.75) is 17.7 Å². The second kappa shape index (κ2) is 5.73. The number of allylic oxidation sites excluding steroid dienone is 2. The van der Waals surface area contributed by atoms with Crippen LogP contribution < -0.4 is 10.6 Å². The molecule has 0 radical (unpaired) electrons. The Labute approximate surface area is 150 Å². The molecule has 0 spiro atoms. The first-order valence-electron chi connectivity index (χ1n) is 7.83. The van der Waals surface area contributed by atoms with Gasteiger partial charge in [0.2, 0.25) is 0 Å². The van der Waals surface area contributed by atoms with Crippen molar-refractivity contribution in [3.63, 3.8) is 0 Å². The summed E-state index contributed by atoms with van der Waals surface area (Å²) >= 11 is 1.53. The first kappa shape index (κ1) is 15.4. The maximum atomic E-state index is 9.88. The van der Waals surface area contributed by atoms with Crippen LogP contribution in [0.25, 0.3) is 0 Å². The number of aryl methyl sites for hydroxylation is 1. The van der Waals surface area contributed by atoms with Gasteiger partial charge in [-0.3, -0.25) is 4.90 Å². The number of anilines is 1. The van der Waals surface area contributed by atoms with Crippen LogP contribution in [0.5, 0.6) is 0 Å². The largest absolute Gasteiger partial charge is 0.384 e. The lowest BCUT2D eigenvalue weighted by molar-refractivity contribution is 0.884. The second-order valence-corrected chi connectivity index (χ2v) is 7.02. The number of thioether (sulfide) groups is 1. The highest BCUT2D eigenvalue weighted by Gasteiger charge is 2.40. The molecule has 4 rings (SSSR count). The number of rotatable bonds is 1. The minimum absolute atomic E-state index is 0.402. The molecule has 2 N–H and O–H groups in total. The number of hydrogen-bond acceptors (Lipinski definition) is 5. The van der Waals surface area contributed by atoms with Gasteiger partial charge in [0.15, 0.2) is 0 Å². The summed E-state index contributed by atoms with van der Waals surface area (Å²) in [5.41, 5.74) is 10.3. The molecule has 2 heterocycles. The molecule has 0 fully saturated rings. The topological polar surface area (TPSA) is 76.8 Å². The van der Waals surface area contributed by atoms with E-state index in [4.69, 9.17) is 5.73 Å². The van der Waals surface area contributed by atoms with Gasteiger partial charge >= 0.3 is 0 Å². The van der Waals surface area contributed by atoms with Gasteiger partial charge < -0.3 is 5.73 Å². The van der Waals surface area contributed by atoms with E-state index in [1.165, 1.54) is 11.8 Å². The van der Waals surface area contributed by atoms with Crippen molar-refractivity contribution in [2.75, 3.05) is 4.90 Å². The highest BCUT2D eigenvalue weighted by Crippen LogP contribution is 2.54. The fourth-order valence-corrected chi connectivity index (χ4v) is 4.44. The van der Waals surface area contributed by atoms with Gasteiger partial charge in [0.25, 0.3) is 0 Å². The molecule has 5 heteroatoms. The van der Waals surface area contributed by atoms with Gasteiger partial charge in [0, 0.05) is 4.90 Å². The Morgan fingerprint density at radius 2 is 1.68 bits per heavy atom. The van der Waals surface area contributed by atoms with E-state index in [-0.39, 0.29) is 0 Å². The van der Waals surface area contributed by atoms with Crippen molar-refractivity contribution in [1.29, 1.82) is 10.5 Å². The molecule has 0 amide bonds. The SMILES string of the molecule is Cc1ccc([C@@H]2C(C#N)=C(N)N3C(=C2C#N)Sc2ccccc23)cc1. The Morgan fingerprint density at radius 3 is 2.36 bits per heavy atom. The fraction of sp³-hybridized carbons (Fsp3) is 0.100. The molecule has 120 valence electrons. The molecule has 4 nitrogen and oxygen atoms in total. The van der Waals surface area contributed by atoms with E-state index in [9.17, 15) is 10.5 Å². The average Bonchev–Trinajstić information content (AvgIpc) is 3.02. The van der Waals surface area contributed by atoms with Crippen molar-refractivity contribution in [1.82, 2.24) is 0 Å². The summed E-state index contributed by atoms with van der Waals surface area (Å²) in [6.07, 6.45) is 0. The average molecular weight is 342 g/mol. The van der Waals surface area contributed by atoms with E-state index >= 15 is 0 Å². The van der Waals surface area contributed by atoms with Crippen molar-refractivity contribution in [3.05, 3.63) is 81.7 Å². The van der Waals surface area contributed by atoms with Gasteiger partial charge in [-0.25, -0.2) is 0 Å². The normalized spacial score (nSPS) is 18.5.